The largest absolute Gasteiger partial charge is 0.379 e. The molecule has 1 heterocycles. The quantitative estimate of drug-likeness (QED) is 0.647. The minimum Gasteiger partial charge on any atom is -0.379 e. The first-order valence-electron chi connectivity index (χ1n) is 6.35. The van der Waals surface area contributed by atoms with Gasteiger partial charge in [0.1, 0.15) is 5.69 Å². The number of hydrogen-bond donors (Lipinski definition) is 2. The Balaban J connectivity index is 2.35. The van der Waals surface area contributed by atoms with E-state index in [1.807, 2.05) is 0 Å². The number of rotatable bonds is 5. The molecule has 0 aliphatic heterocycles. The molecule has 0 unspecified atom stereocenters. The van der Waals surface area contributed by atoms with Crippen LogP contribution in [0.4, 0.5) is 17.2 Å². The average molecular weight is 289 g/mol. The average Bonchev–Trinajstić information content (AvgIpc) is 2.84. The third-order valence-electron chi connectivity index (χ3n) is 2.79. The topological polar surface area (TPSA) is 102 Å². The minimum absolute atomic E-state index is 0.134. The molecule has 8 nitrogen and oxygen atoms in total. The van der Waals surface area contributed by atoms with Crippen LogP contribution in [0.2, 0.25) is 0 Å². The first kappa shape index (κ1) is 14.5. The van der Waals surface area contributed by atoms with E-state index in [2.05, 4.69) is 15.7 Å². The Morgan fingerprint density at radius 2 is 2.19 bits per heavy atom. The zero-order chi connectivity index (χ0) is 15.4. The van der Waals surface area contributed by atoms with Gasteiger partial charge in [-0.2, -0.15) is 5.10 Å². The molecule has 21 heavy (non-hydrogen) atoms. The summed E-state index contributed by atoms with van der Waals surface area (Å²) in [7, 11) is 1.73. The maximum Gasteiger partial charge on any atom is 0.293 e. The number of amides is 1. The van der Waals surface area contributed by atoms with Crippen LogP contribution in [0.1, 0.15) is 17.3 Å². The summed E-state index contributed by atoms with van der Waals surface area (Å²) in [4.78, 5) is 22.8. The van der Waals surface area contributed by atoms with E-state index in [-0.39, 0.29) is 16.9 Å². The standard InChI is InChI=1S/C13H15N5O3/c1-3-14-12-9(5-4-6-10(12)18(20)21)13(19)15-11-7-8-17(2)16-11/h4-8,14H,3H2,1-2H3,(H,15,16,19). The lowest BCUT2D eigenvalue weighted by Gasteiger charge is -2.10. The number of carbonyl (C=O) groups excluding carboxylic acids is 1. The van der Waals surface area contributed by atoms with Crippen molar-refractivity contribution < 1.29 is 9.72 Å². The summed E-state index contributed by atoms with van der Waals surface area (Å²) in [6.07, 6.45) is 1.69. The summed E-state index contributed by atoms with van der Waals surface area (Å²) in [5.41, 5.74) is 0.278. The van der Waals surface area contributed by atoms with Gasteiger partial charge in [0.25, 0.3) is 11.6 Å². The fraction of sp³-hybridized carbons (Fsp3) is 0.231. The number of nitro benzene ring substituents is 1. The van der Waals surface area contributed by atoms with E-state index in [0.29, 0.717) is 12.4 Å². The highest BCUT2D eigenvalue weighted by Crippen LogP contribution is 2.28. The van der Waals surface area contributed by atoms with Gasteiger partial charge >= 0.3 is 0 Å². The molecule has 1 aromatic carbocycles. The lowest BCUT2D eigenvalue weighted by molar-refractivity contribution is -0.384. The van der Waals surface area contributed by atoms with Crippen LogP contribution in [0.5, 0.6) is 0 Å². The van der Waals surface area contributed by atoms with Crippen LogP contribution in [0.15, 0.2) is 30.5 Å². The van der Waals surface area contributed by atoms with Gasteiger partial charge in [-0.1, -0.05) is 6.07 Å². The third kappa shape index (κ3) is 3.16. The maximum atomic E-state index is 12.3. The molecule has 8 heteroatoms. The molecule has 0 radical (unpaired) electrons. The zero-order valence-electron chi connectivity index (χ0n) is 11.7. The number of benzene rings is 1. The summed E-state index contributed by atoms with van der Waals surface area (Å²) in [5, 5.41) is 20.6. The number of nitro groups is 1. The molecule has 0 aliphatic rings. The molecule has 2 rings (SSSR count). The van der Waals surface area contributed by atoms with Gasteiger partial charge in [-0.15, -0.1) is 0 Å². The molecule has 2 N–H and O–H groups in total. The molecular weight excluding hydrogens is 274 g/mol. The van der Waals surface area contributed by atoms with Crippen LogP contribution in [-0.2, 0) is 7.05 Å². The van der Waals surface area contributed by atoms with Crippen molar-refractivity contribution in [3.8, 4) is 0 Å². The number of aryl methyl sites for hydroxylation is 1. The summed E-state index contributed by atoms with van der Waals surface area (Å²) in [5.74, 6) is -0.0650. The van der Waals surface area contributed by atoms with E-state index in [0.717, 1.165) is 0 Å². The van der Waals surface area contributed by atoms with Gasteiger partial charge in [0, 0.05) is 31.9 Å². The fourth-order valence-corrected chi connectivity index (χ4v) is 1.91. The van der Waals surface area contributed by atoms with E-state index in [1.165, 1.54) is 18.2 Å². The zero-order valence-corrected chi connectivity index (χ0v) is 11.7. The Kier molecular flexibility index (Phi) is 4.17. The van der Waals surface area contributed by atoms with Crippen molar-refractivity contribution in [2.45, 2.75) is 6.92 Å². The second kappa shape index (κ2) is 6.04. The second-order valence-electron chi connectivity index (χ2n) is 4.32. The predicted octanol–water partition coefficient (Wildman–Crippen LogP) is 2.01. The normalized spacial score (nSPS) is 10.2. The number of nitrogens with zero attached hydrogens (tertiary/aromatic N) is 3. The highest BCUT2D eigenvalue weighted by atomic mass is 16.6. The van der Waals surface area contributed by atoms with Gasteiger partial charge in [0.05, 0.1) is 10.5 Å². The van der Waals surface area contributed by atoms with Gasteiger partial charge in [0.2, 0.25) is 0 Å². The van der Waals surface area contributed by atoms with Gasteiger partial charge in [-0.3, -0.25) is 19.6 Å². The van der Waals surface area contributed by atoms with E-state index in [9.17, 15) is 14.9 Å². The second-order valence-corrected chi connectivity index (χ2v) is 4.32. The number of nitrogens with one attached hydrogen (secondary N) is 2. The smallest absolute Gasteiger partial charge is 0.293 e. The minimum atomic E-state index is -0.518. The van der Waals surface area contributed by atoms with E-state index >= 15 is 0 Å². The highest BCUT2D eigenvalue weighted by molar-refractivity contribution is 6.08. The molecule has 0 saturated carbocycles. The first-order chi connectivity index (χ1) is 10.0. The van der Waals surface area contributed by atoms with Crippen molar-refractivity contribution in [3.63, 3.8) is 0 Å². The Morgan fingerprint density at radius 3 is 2.76 bits per heavy atom. The Labute approximate surface area is 120 Å². The summed E-state index contributed by atoms with van der Waals surface area (Å²) in [6.45, 7) is 2.27. The highest BCUT2D eigenvalue weighted by Gasteiger charge is 2.21. The summed E-state index contributed by atoms with van der Waals surface area (Å²) < 4.78 is 1.55. The number of para-hydroxylation sites is 1. The Hall–Kier alpha value is -2.90. The van der Waals surface area contributed by atoms with Crippen molar-refractivity contribution in [3.05, 3.63) is 46.1 Å². The van der Waals surface area contributed by atoms with Crippen molar-refractivity contribution in [1.29, 1.82) is 0 Å². The molecule has 0 fully saturated rings. The summed E-state index contributed by atoms with van der Waals surface area (Å²) >= 11 is 0. The molecule has 0 bridgehead atoms. The lowest BCUT2D eigenvalue weighted by atomic mass is 10.1. The van der Waals surface area contributed by atoms with Crippen LogP contribution in [0.3, 0.4) is 0 Å². The number of aromatic nitrogens is 2. The third-order valence-corrected chi connectivity index (χ3v) is 2.79. The molecule has 0 atom stereocenters. The van der Waals surface area contributed by atoms with Crippen LogP contribution in [0.25, 0.3) is 0 Å². The van der Waals surface area contributed by atoms with E-state index < -0.39 is 10.8 Å². The first-order valence-corrected chi connectivity index (χ1v) is 6.35. The number of anilines is 2. The van der Waals surface area contributed by atoms with Crippen LogP contribution in [0, 0.1) is 10.1 Å². The molecule has 0 saturated heterocycles. The predicted molar refractivity (Wildman–Crippen MR) is 78.4 cm³/mol. The van der Waals surface area contributed by atoms with Gasteiger partial charge in [-0.05, 0) is 13.0 Å². The van der Waals surface area contributed by atoms with Gasteiger partial charge in [0.15, 0.2) is 5.82 Å². The van der Waals surface area contributed by atoms with Crippen molar-refractivity contribution in [2.75, 3.05) is 17.2 Å². The van der Waals surface area contributed by atoms with E-state index in [4.69, 9.17) is 0 Å². The lowest BCUT2D eigenvalue weighted by Crippen LogP contribution is -2.16. The number of hydrogen-bond acceptors (Lipinski definition) is 5. The van der Waals surface area contributed by atoms with Crippen molar-refractivity contribution >= 4 is 23.1 Å². The molecule has 0 aliphatic carbocycles. The van der Waals surface area contributed by atoms with Crippen LogP contribution >= 0.6 is 0 Å². The van der Waals surface area contributed by atoms with Crippen molar-refractivity contribution in [2.24, 2.45) is 7.05 Å². The SMILES string of the molecule is CCNc1c(C(=O)Nc2ccn(C)n2)cccc1[N+](=O)[O-]. The van der Waals surface area contributed by atoms with Crippen molar-refractivity contribution in [1.82, 2.24) is 9.78 Å². The number of carbonyl (C=O) groups is 1. The molecule has 2 aromatic rings. The van der Waals surface area contributed by atoms with Crippen LogP contribution in [-0.4, -0.2) is 27.2 Å². The van der Waals surface area contributed by atoms with Crippen LogP contribution < -0.4 is 10.6 Å². The molecule has 110 valence electrons. The molecule has 1 aromatic heterocycles. The monoisotopic (exact) mass is 289 g/mol. The van der Waals surface area contributed by atoms with E-state index in [1.54, 1.807) is 30.9 Å². The van der Waals surface area contributed by atoms with Gasteiger partial charge in [-0.25, -0.2) is 0 Å². The molecular formula is C13H15N5O3. The Bertz CT molecular complexity index is 680. The summed E-state index contributed by atoms with van der Waals surface area (Å²) in [6, 6.07) is 6.01. The maximum absolute atomic E-state index is 12.3. The molecule has 1 amide bonds. The molecule has 0 spiro atoms. The Morgan fingerprint density at radius 1 is 1.43 bits per heavy atom. The van der Waals surface area contributed by atoms with Gasteiger partial charge < -0.3 is 10.6 Å². The fourth-order valence-electron chi connectivity index (χ4n) is 1.91.